The van der Waals surface area contributed by atoms with Gasteiger partial charge in [0.05, 0.1) is 11.7 Å². The van der Waals surface area contributed by atoms with E-state index in [-0.39, 0.29) is 17.9 Å². The van der Waals surface area contributed by atoms with Gasteiger partial charge in [-0.15, -0.1) is 0 Å². The Labute approximate surface area is 134 Å². The number of rotatable bonds is 2. The second kappa shape index (κ2) is 5.62. The Balaban J connectivity index is 1.70. The number of anilines is 2. The lowest BCUT2D eigenvalue weighted by molar-refractivity contribution is -0.120. The smallest absolute Gasteiger partial charge is 0.244 e. The Morgan fingerprint density at radius 1 is 1.35 bits per heavy atom. The van der Waals surface area contributed by atoms with E-state index in [0.29, 0.717) is 0 Å². The third-order valence-corrected chi connectivity index (χ3v) is 4.60. The number of amides is 1. The molecule has 1 amide bonds. The van der Waals surface area contributed by atoms with Gasteiger partial charge >= 0.3 is 0 Å². The van der Waals surface area contributed by atoms with Gasteiger partial charge in [-0.25, -0.2) is 9.97 Å². The molecular formula is C17H19N5O. The predicted octanol–water partition coefficient (Wildman–Crippen LogP) is 1.37. The lowest BCUT2D eigenvalue weighted by atomic mass is 10.0. The fourth-order valence-corrected chi connectivity index (χ4v) is 3.51. The van der Waals surface area contributed by atoms with Crippen LogP contribution in [0.1, 0.15) is 18.4 Å². The molecule has 3 N–H and O–H groups in total. The van der Waals surface area contributed by atoms with Crippen LogP contribution in [0.25, 0.3) is 11.3 Å². The molecule has 118 valence electrons. The SMILES string of the molecule is Nc1nccc(-c2cccc3c2CCN3C(=O)C2CCCN2)n1. The Morgan fingerprint density at radius 2 is 2.26 bits per heavy atom. The molecule has 1 fully saturated rings. The molecule has 0 saturated carbocycles. The number of carbonyl (C=O) groups is 1. The summed E-state index contributed by atoms with van der Waals surface area (Å²) in [6.45, 7) is 1.65. The molecule has 3 heterocycles. The number of carbonyl (C=O) groups excluding carboxylic acids is 1. The van der Waals surface area contributed by atoms with Gasteiger partial charge in [-0.2, -0.15) is 0 Å². The van der Waals surface area contributed by atoms with Crippen molar-refractivity contribution in [2.24, 2.45) is 0 Å². The quantitative estimate of drug-likeness (QED) is 0.875. The molecule has 1 unspecified atom stereocenters. The fourth-order valence-electron chi connectivity index (χ4n) is 3.51. The van der Waals surface area contributed by atoms with E-state index in [9.17, 15) is 4.79 Å². The van der Waals surface area contributed by atoms with Crippen LogP contribution in [0.5, 0.6) is 0 Å². The number of nitrogen functional groups attached to an aromatic ring is 1. The molecule has 1 saturated heterocycles. The van der Waals surface area contributed by atoms with E-state index in [4.69, 9.17) is 5.73 Å². The normalized spacial score (nSPS) is 19.8. The Bertz CT molecular complexity index is 754. The van der Waals surface area contributed by atoms with Crippen molar-refractivity contribution in [1.29, 1.82) is 0 Å². The molecular weight excluding hydrogens is 290 g/mol. The van der Waals surface area contributed by atoms with Crippen LogP contribution in [0.2, 0.25) is 0 Å². The first-order valence-electron chi connectivity index (χ1n) is 7.99. The maximum atomic E-state index is 12.7. The van der Waals surface area contributed by atoms with E-state index in [0.717, 1.165) is 54.9 Å². The van der Waals surface area contributed by atoms with Crippen LogP contribution < -0.4 is 16.0 Å². The fraction of sp³-hybridized carbons (Fsp3) is 0.353. The van der Waals surface area contributed by atoms with E-state index in [2.05, 4.69) is 15.3 Å². The molecule has 0 bridgehead atoms. The minimum absolute atomic E-state index is 0.0423. The van der Waals surface area contributed by atoms with Gasteiger partial charge in [0.2, 0.25) is 11.9 Å². The highest BCUT2D eigenvalue weighted by molar-refractivity contribution is 6.00. The summed E-state index contributed by atoms with van der Waals surface area (Å²) in [7, 11) is 0. The van der Waals surface area contributed by atoms with Gasteiger partial charge in [-0.3, -0.25) is 4.79 Å². The van der Waals surface area contributed by atoms with Gasteiger partial charge in [0.25, 0.3) is 0 Å². The Morgan fingerprint density at radius 3 is 3.04 bits per heavy atom. The van der Waals surface area contributed by atoms with Crippen LogP contribution >= 0.6 is 0 Å². The number of nitrogens with zero attached hydrogens (tertiary/aromatic N) is 3. The molecule has 2 aliphatic rings. The molecule has 2 aromatic rings. The highest BCUT2D eigenvalue weighted by atomic mass is 16.2. The highest BCUT2D eigenvalue weighted by Gasteiger charge is 2.32. The van der Waals surface area contributed by atoms with E-state index in [1.54, 1.807) is 6.20 Å². The molecule has 6 heteroatoms. The van der Waals surface area contributed by atoms with Gasteiger partial charge < -0.3 is 16.0 Å². The number of nitrogens with two attached hydrogens (primary N) is 1. The molecule has 1 atom stereocenters. The molecule has 0 radical (unpaired) electrons. The number of hydrogen-bond donors (Lipinski definition) is 2. The molecule has 0 spiro atoms. The van der Waals surface area contributed by atoms with Gasteiger partial charge in [0.1, 0.15) is 0 Å². The van der Waals surface area contributed by atoms with E-state index in [1.807, 2.05) is 29.2 Å². The first kappa shape index (κ1) is 14.1. The van der Waals surface area contributed by atoms with Gasteiger partial charge in [0, 0.05) is 24.0 Å². The number of fused-ring (bicyclic) bond motifs is 1. The first-order chi connectivity index (χ1) is 11.2. The predicted molar refractivity (Wildman–Crippen MR) is 89.0 cm³/mol. The summed E-state index contributed by atoms with van der Waals surface area (Å²) in [6, 6.07) is 7.83. The van der Waals surface area contributed by atoms with Crippen molar-refractivity contribution >= 4 is 17.5 Å². The Kier molecular flexibility index (Phi) is 3.46. The summed E-state index contributed by atoms with van der Waals surface area (Å²) in [4.78, 5) is 22.9. The summed E-state index contributed by atoms with van der Waals surface area (Å²) in [5, 5.41) is 3.29. The van der Waals surface area contributed by atoms with Crippen molar-refractivity contribution in [3.05, 3.63) is 36.0 Å². The van der Waals surface area contributed by atoms with E-state index < -0.39 is 0 Å². The number of benzene rings is 1. The largest absolute Gasteiger partial charge is 0.368 e. The molecule has 4 rings (SSSR count). The van der Waals surface area contributed by atoms with Crippen molar-refractivity contribution in [1.82, 2.24) is 15.3 Å². The van der Waals surface area contributed by atoms with Crippen LogP contribution in [0.3, 0.4) is 0 Å². The molecule has 2 aliphatic heterocycles. The van der Waals surface area contributed by atoms with Crippen molar-refractivity contribution in [3.63, 3.8) is 0 Å². The third kappa shape index (κ3) is 2.45. The lowest BCUT2D eigenvalue weighted by Crippen LogP contribution is -2.42. The summed E-state index contributed by atoms with van der Waals surface area (Å²) < 4.78 is 0. The van der Waals surface area contributed by atoms with Crippen molar-refractivity contribution in [2.75, 3.05) is 23.7 Å². The number of hydrogen-bond acceptors (Lipinski definition) is 5. The number of aromatic nitrogens is 2. The topological polar surface area (TPSA) is 84.1 Å². The minimum Gasteiger partial charge on any atom is -0.368 e. The van der Waals surface area contributed by atoms with Crippen molar-refractivity contribution < 1.29 is 4.79 Å². The standard InChI is InChI=1S/C17H19N5O/c18-17-20-9-6-13(21-17)11-3-1-5-15-12(11)7-10-22(15)16(23)14-4-2-8-19-14/h1,3,5-6,9,14,19H,2,4,7-8,10H2,(H2,18,20,21). The average Bonchev–Trinajstić information content (AvgIpc) is 3.23. The third-order valence-electron chi connectivity index (χ3n) is 4.60. The van der Waals surface area contributed by atoms with Gasteiger partial charge in [-0.1, -0.05) is 12.1 Å². The van der Waals surface area contributed by atoms with E-state index in [1.165, 1.54) is 0 Å². The summed E-state index contributed by atoms with van der Waals surface area (Å²) in [5.74, 6) is 0.446. The zero-order valence-electron chi connectivity index (χ0n) is 12.8. The average molecular weight is 309 g/mol. The first-order valence-corrected chi connectivity index (χ1v) is 7.99. The van der Waals surface area contributed by atoms with Crippen LogP contribution in [-0.2, 0) is 11.2 Å². The molecule has 23 heavy (non-hydrogen) atoms. The molecule has 6 nitrogen and oxygen atoms in total. The minimum atomic E-state index is -0.0423. The molecule has 1 aromatic carbocycles. The molecule has 1 aromatic heterocycles. The second-order valence-electron chi connectivity index (χ2n) is 5.99. The van der Waals surface area contributed by atoms with Crippen LogP contribution in [-0.4, -0.2) is 35.0 Å². The van der Waals surface area contributed by atoms with Gasteiger partial charge in [0.15, 0.2) is 0 Å². The second-order valence-corrected chi connectivity index (χ2v) is 5.99. The summed E-state index contributed by atoms with van der Waals surface area (Å²) in [6.07, 6.45) is 4.50. The zero-order chi connectivity index (χ0) is 15.8. The van der Waals surface area contributed by atoms with Crippen LogP contribution in [0.15, 0.2) is 30.5 Å². The van der Waals surface area contributed by atoms with E-state index >= 15 is 0 Å². The lowest BCUT2D eigenvalue weighted by Gasteiger charge is -2.21. The highest BCUT2D eigenvalue weighted by Crippen LogP contribution is 2.36. The summed E-state index contributed by atoms with van der Waals surface area (Å²) >= 11 is 0. The van der Waals surface area contributed by atoms with Crippen molar-refractivity contribution in [3.8, 4) is 11.3 Å². The molecule has 0 aliphatic carbocycles. The monoisotopic (exact) mass is 309 g/mol. The van der Waals surface area contributed by atoms with Crippen LogP contribution in [0.4, 0.5) is 11.6 Å². The van der Waals surface area contributed by atoms with Gasteiger partial charge in [-0.05, 0) is 43.5 Å². The van der Waals surface area contributed by atoms with Crippen molar-refractivity contribution in [2.45, 2.75) is 25.3 Å². The number of nitrogens with one attached hydrogen (secondary N) is 1. The van der Waals surface area contributed by atoms with Crippen LogP contribution in [0, 0.1) is 0 Å². The Hall–Kier alpha value is -2.47. The maximum Gasteiger partial charge on any atom is 0.244 e. The zero-order valence-corrected chi connectivity index (χ0v) is 12.8. The maximum absolute atomic E-state index is 12.7. The summed E-state index contributed by atoms with van der Waals surface area (Å²) in [5.41, 5.74) is 9.71.